The van der Waals surface area contributed by atoms with Crippen molar-refractivity contribution in [3.63, 3.8) is 0 Å². The van der Waals surface area contributed by atoms with Crippen LogP contribution in [0.5, 0.6) is 0 Å². The van der Waals surface area contributed by atoms with Crippen LogP contribution in [-0.2, 0) is 14.2 Å². The lowest BCUT2D eigenvalue weighted by molar-refractivity contribution is 0.0759. The molecule has 0 fully saturated rings. The summed E-state index contributed by atoms with van der Waals surface area (Å²) < 4.78 is 15.9. The molecule has 246 valence electrons. The van der Waals surface area contributed by atoms with Gasteiger partial charge in [0.1, 0.15) is 0 Å². The highest BCUT2D eigenvalue weighted by molar-refractivity contribution is 4.42. The van der Waals surface area contributed by atoms with Crippen LogP contribution in [0.2, 0.25) is 0 Å². The van der Waals surface area contributed by atoms with Gasteiger partial charge in [0.2, 0.25) is 0 Å². The molecule has 0 aromatic rings. The number of unbranched alkanes of at least 4 members (excludes halogenated alkanes) is 4. The van der Waals surface area contributed by atoms with Crippen LogP contribution in [0.4, 0.5) is 0 Å². The third-order valence-electron chi connectivity index (χ3n) is 4.95. The topological polar surface area (TPSA) is 27.7 Å². The molecular formula is C36H84O3. The van der Waals surface area contributed by atoms with E-state index in [4.69, 9.17) is 14.2 Å². The molecule has 0 aromatic heterocycles. The molecule has 0 rings (SSSR count). The van der Waals surface area contributed by atoms with Crippen LogP contribution in [0.25, 0.3) is 0 Å². The third-order valence-corrected chi connectivity index (χ3v) is 4.95. The van der Waals surface area contributed by atoms with E-state index < -0.39 is 0 Å². The minimum absolute atomic E-state index is 0. The van der Waals surface area contributed by atoms with Crippen LogP contribution in [0.15, 0.2) is 0 Å². The lowest BCUT2D eigenvalue weighted by Crippen LogP contribution is -2.03. The number of ether oxygens (including phenoxy) is 3. The fraction of sp³-hybridized carbons (Fsp3) is 1.00. The van der Waals surface area contributed by atoms with Gasteiger partial charge in [-0.15, -0.1) is 0 Å². The summed E-state index contributed by atoms with van der Waals surface area (Å²) in [6, 6.07) is 0. The minimum Gasteiger partial charge on any atom is -0.381 e. The zero-order valence-corrected chi connectivity index (χ0v) is 29.7. The summed E-state index contributed by atoms with van der Waals surface area (Å²) in [6.07, 6.45) is 15.0. The van der Waals surface area contributed by atoms with Gasteiger partial charge in [0.05, 0.1) is 12.2 Å². The van der Waals surface area contributed by atoms with Crippen molar-refractivity contribution in [2.24, 2.45) is 17.8 Å². The summed E-state index contributed by atoms with van der Waals surface area (Å²) in [5.41, 5.74) is 0. The van der Waals surface area contributed by atoms with Crippen LogP contribution in [0, 0.1) is 17.8 Å². The van der Waals surface area contributed by atoms with Crippen LogP contribution >= 0.6 is 0 Å². The van der Waals surface area contributed by atoms with E-state index >= 15 is 0 Å². The van der Waals surface area contributed by atoms with Crippen molar-refractivity contribution in [3.05, 3.63) is 0 Å². The van der Waals surface area contributed by atoms with Gasteiger partial charge in [-0.25, -0.2) is 0 Å². The summed E-state index contributed by atoms with van der Waals surface area (Å²) in [5, 5.41) is 0. The van der Waals surface area contributed by atoms with Crippen LogP contribution in [0.1, 0.15) is 182 Å². The van der Waals surface area contributed by atoms with Crippen molar-refractivity contribution >= 4 is 0 Å². The van der Waals surface area contributed by atoms with Crippen LogP contribution in [0.3, 0.4) is 0 Å². The van der Waals surface area contributed by atoms with E-state index in [-0.39, 0.29) is 7.43 Å². The monoisotopic (exact) mass is 565 g/mol. The smallest absolute Gasteiger partial charge is 0.0518 e. The fourth-order valence-electron chi connectivity index (χ4n) is 2.79. The molecule has 0 atom stereocenters. The van der Waals surface area contributed by atoms with Gasteiger partial charge in [0, 0.05) is 26.4 Å². The molecule has 0 amide bonds. The largest absolute Gasteiger partial charge is 0.381 e. The molecule has 0 unspecified atom stereocenters. The second-order valence-electron chi connectivity index (χ2n) is 12.1. The first-order valence-corrected chi connectivity index (χ1v) is 16.7. The minimum atomic E-state index is 0. The molecule has 39 heavy (non-hydrogen) atoms. The number of rotatable bonds is 18. The first-order valence-electron chi connectivity index (χ1n) is 16.7. The second-order valence-corrected chi connectivity index (χ2v) is 12.1. The molecule has 0 bridgehead atoms. The van der Waals surface area contributed by atoms with Crippen molar-refractivity contribution in [2.45, 2.75) is 194 Å². The molecule has 0 spiro atoms. The lowest BCUT2D eigenvalue weighted by Gasteiger charge is -2.05. The van der Waals surface area contributed by atoms with Gasteiger partial charge in [-0.1, -0.05) is 135 Å². The molecule has 0 aliphatic rings. The summed E-state index contributed by atoms with van der Waals surface area (Å²) >= 11 is 0. The molecule has 3 nitrogen and oxygen atoms in total. The van der Waals surface area contributed by atoms with E-state index in [0.29, 0.717) is 18.1 Å². The zero-order valence-electron chi connectivity index (χ0n) is 29.7. The van der Waals surface area contributed by atoms with Crippen molar-refractivity contribution in [1.29, 1.82) is 0 Å². The SMILES string of the molecule is C.CCCC(C)C.CCCCC(C)C.CCCCCOC(C)C.CCCCOC(C)C.CCCOCC(C)C. The summed E-state index contributed by atoms with van der Waals surface area (Å²) in [7, 11) is 0. The number of hydrogen-bond acceptors (Lipinski definition) is 3. The van der Waals surface area contributed by atoms with E-state index in [0.717, 1.165) is 44.7 Å². The quantitative estimate of drug-likeness (QED) is 0.155. The molecule has 0 radical (unpaired) electrons. The maximum Gasteiger partial charge on any atom is 0.0518 e. The standard InChI is InChI=1S/C8H18O.2C7H16O.C7H16.C6H14.CH4/c1-4-5-6-7-9-8(2)3;1-4-5-8-6-7(2)3;1-4-5-6-8-7(2)3;1-4-5-6-7(2)3;1-4-5-6(2)3;/h8H,4-7H2,1-3H3;2*7H,4-6H2,1-3H3;7H,4-6H2,1-3H3;6H,4-5H2,1-3H3;1H4. The maximum absolute atomic E-state index is 5.34. The zero-order chi connectivity index (χ0) is 30.6. The predicted molar refractivity (Wildman–Crippen MR) is 183 cm³/mol. The van der Waals surface area contributed by atoms with Gasteiger partial charge in [-0.05, 0) is 64.7 Å². The maximum atomic E-state index is 5.34. The summed E-state index contributed by atoms with van der Waals surface area (Å²) in [5.74, 6) is 2.48. The molecule has 0 saturated carbocycles. The molecule has 0 N–H and O–H groups in total. The lowest BCUT2D eigenvalue weighted by atomic mass is 10.1. The molecule has 0 aromatic carbocycles. The van der Waals surface area contributed by atoms with Crippen molar-refractivity contribution < 1.29 is 14.2 Å². The van der Waals surface area contributed by atoms with E-state index in [2.05, 4.69) is 104 Å². The van der Waals surface area contributed by atoms with E-state index in [1.165, 1.54) is 64.2 Å². The average molecular weight is 565 g/mol. The summed E-state index contributed by atoms with van der Waals surface area (Å²) in [6.45, 7) is 36.3. The number of hydrogen-bond donors (Lipinski definition) is 0. The van der Waals surface area contributed by atoms with Crippen molar-refractivity contribution in [3.8, 4) is 0 Å². The normalized spacial score (nSPS) is 10.2. The van der Waals surface area contributed by atoms with Gasteiger partial charge in [0.15, 0.2) is 0 Å². The summed E-state index contributed by atoms with van der Waals surface area (Å²) in [4.78, 5) is 0. The highest BCUT2D eigenvalue weighted by atomic mass is 16.5. The van der Waals surface area contributed by atoms with Crippen molar-refractivity contribution in [1.82, 2.24) is 0 Å². The van der Waals surface area contributed by atoms with Crippen molar-refractivity contribution in [2.75, 3.05) is 26.4 Å². The highest BCUT2D eigenvalue weighted by Crippen LogP contribution is 2.04. The Hall–Kier alpha value is -0.120. The van der Waals surface area contributed by atoms with E-state index in [9.17, 15) is 0 Å². The van der Waals surface area contributed by atoms with Gasteiger partial charge in [0.25, 0.3) is 0 Å². The molecule has 0 saturated heterocycles. The Bertz CT molecular complexity index is 324. The van der Waals surface area contributed by atoms with Gasteiger partial charge in [-0.2, -0.15) is 0 Å². The molecule has 0 heterocycles. The second kappa shape index (κ2) is 47.7. The molecule has 0 aliphatic carbocycles. The van der Waals surface area contributed by atoms with Gasteiger partial charge >= 0.3 is 0 Å². The Labute approximate surface area is 252 Å². The average Bonchev–Trinajstić information content (AvgIpc) is 2.82. The van der Waals surface area contributed by atoms with E-state index in [1.807, 2.05) is 0 Å². The third kappa shape index (κ3) is 93.2. The Balaban J connectivity index is -0.0000000872. The Morgan fingerprint density at radius 3 is 1.10 bits per heavy atom. The van der Waals surface area contributed by atoms with E-state index in [1.54, 1.807) is 0 Å². The molecule has 0 aliphatic heterocycles. The Morgan fingerprint density at radius 2 is 0.846 bits per heavy atom. The van der Waals surface area contributed by atoms with Crippen LogP contribution < -0.4 is 0 Å². The highest BCUT2D eigenvalue weighted by Gasteiger charge is 1.92. The first-order chi connectivity index (χ1) is 17.9. The van der Waals surface area contributed by atoms with Gasteiger partial charge in [-0.3, -0.25) is 0 Å². The first kappa shape index (κ1) is 51.6. The Morgan fingerprint density at radius 1 is 0.410 bits per heavy atom. The molecular weight excluding hydrogens is 480 g/mol. The predicted octanol–water partition coefficient (Wildman–Crippen LogP) is 12.8. The molecule has 3 heteroatoms. The van der Waals surface area contributed by atoms with Crippen LogP contribution in [-0.4, -0.2) is 38.6 Å². The van der Waals surface area contributed by atoms with Gasteiger partial charge < -0.3 is 14.2 Å². The Kier molecular flexibility index (Phi) is 63.1. The fourth-order valence-corrected chi connectivity index (χ4v) is 2.79.